The molecule has 0 amide bonds. The van der Waals surface area contributed by atoms with Crippen LogP contribution >= 0.6 is 0 Å². The van der Waals surface area contributed by atoms with E-state index in [1.165, 1.54) is 22.4 Å². The fourth-order valence-electron chi connectivity index (χ4n) is 3.10. The summed E-state index contributed by atoms with van der Waals surface area (Å²) in [6, 6.07) is 19.8. The smallest absolute Gasteiger partial charge is 0.282 e. The van der Waals surface area contributed by atoms with Crippen molar-refractivity contribution in [2.45, 2.75) is 32.6 Å². The number of nitrogens with one attached hydrogen (secondary N) is 1. The van der Waals surface area contributed by atoms with Crippen LogP contribution in [0.4, 0.5) is 0 Å². The summed E-state index contributed by atoms with van der Waals surface area (Å²) in [5, 5.41) is 6.10. The number of benzene rings is 2. The third kappa shape index (κ3) is 4.35. The predicted octanol–water partition coefficient (Wildman–Crippen LogP) is 2.72. The van der Waals surface area contributed by atoms with E-state index in [4.69, 9.17) is 4.43 Å². The van der Waals surface area contributed by atoms with Crippen LogP contribution < -0.4 is 15.7 Å². The molecule has 0 bridgehead atoms. The molecule has 127 valence electrons. The molecule has 1 saturated heterocycles. The van der Waals surface area contributed by atoms with Gasteiger partial charge in [0.2, 0.25) is 0 Å². The van der Waals surface area contributed by atoms with Gasteiger partial charge in [-0.15, -0.1) is 0 Å². The maximum atomic E-state index is 6.49. The van der Waals surface area contributed by atoms with Crippen LogP contribution in [0.1, 0.15) is 32.8 Å². The second-order valence-corrected chi connectivity index (χ2v) is 9.79. The Morgan fingerprint density at radius 3 is 2.25 bits per heavy atom. The van der Waals surface area contributed by atoms with Gasteiger partial charge in [-0.05, 0) is 40.2 Å². The molecular formula is C21H28NOSi. The van der Waals surface area contributed by atoms with E-state index in [0.717, 1.165) is 19.7 Å². The molecule has 1 fully saturated rings. The first kappa shape index (κ1) is 17.4. The third-order valence-electron chi connectivity index (χ3n) is 4.67. The fourth-order valence-corrected chi connectivity index (χ4v) is 5.14. The maximum absolute atomic E-state index is 6.49. The molecule has 1 N–H and O–H groups in total. The highest BCUT2D eigenvalue weighted by atomic mass is 28.3. The van der Waals surface area contributed by atoms with Crippen molar-refractivity contribution >= 4 is 19.4 Å². The summed E-state index contributed by atoms with van der Waals surface area (Å²) in [4.78, 5) is 0. The number of rotatable bonds is 5. The lowest BCUT2D eigenvalue weighted by Gasteiger charge is -2.22. The molecule has 1 atom stereocenters. The zero-order valence-electron chi connectivity index (χ0n) is 15.0. The third-order valence-corrected chi connectivity index (χ3v) is 6.85. The lowest BCUT2D eigenvalue weighted by Crippen LogP contribution is -2.46. The van der Waals surface area contributed by atoms with Gasteiger partial charge in [-0.2, -0.15) is 0 Å². The molecule has 1 aliphatic heterocycles. The number of hydrogen-bond donors (Lipinski definition) is 1. The van der Waals surface area contributed by atoms with Gasteiger partial charge in [0, 0.05) is 13.2 Å². The van der Waals surface area contributed by atoms with E-state index in [2.05, 4.69) is 80.7 Å². The maximum Gasteiger partial charge on any atom is 0.282 e. The minimum atomic E-state index is -1.18. The predicted molar refractivity (Wildman–Crippen MR) is 104 cm³/mol. The molecule has 0 spiro atoms. The molecule has 2 aromatic carbocycles. The minimum Gasteiger partial charge on any atom is -0.407 e. The summed E-state index contributed by atoms with van der Waals surface area (Å²) in [5.41, 5.74) is 1.56. The molecule has 3 rings (SSSR count). The molecule has 0 saturated carbocycles. The van der Waals surface area contributed by atoms with Gasteiger partial charge in [-0.1, -0.05) is 75.4 Å². The van der Waals surface area contributed by atoms with Crippen molar-refractivity contribution < 1.29 is 4.43 Å². The van der Waals surface area contributed by atoms with Gasteiger partial charge in [-0.3, -0.25) is 0 Å². The zero-order chi connectivity index (χ0) is 17.0. The van der Waals surface area contributed by atoms with Gasteiger partial charge in [0.1, 0.15) is 0 Å². The minimum absolute atomic E-state index is 0.189. The topological polar surface area (TPSA) is 21.3 Å². The Hall–Kier alpha value is -1.42. The second-order valence-electron chi connectivity index (χ2n) is 7.69. The van der Waals surface area contributed by atoms with E-state index in [0.29, 0.717) is 5.92 Å². The molecule has 3 heteroatoms. The standard InChI is InChI=1S/C21H28NOSi/c1-21(2,3)18-9-11-20(12-10-18)24(19-7-5-4-6-8-19)23-16-17-13-14-22-15-17/h4-12,17,22H,13-16H2,1-3H3/t17-/m0/s1. The highest BCUT2D eigenvalue weighted by Crippen LogP contribution is 2.20. The lowest BCUT2D eigenvalue weighted by atomic mass is 9.87. The molecule has 2 nitrogen and oxygen atoms in total. The largest absolute Gasteiger partial charge is 0.407 e. The Morgan fingerprint density at radius 2 is 1.67 bits per heavy atom. The molecule has 0 aliphatic carbocycles. The summed E-state index contributed by atoms with van der Waals surface area (Å²) >= 11 is 0. The monoisotopic (exact) mass is 338 g/mol. The van der Waals surface area contributed by atoms with E-state index >= 15 is 0 Å². The highest BCUT2D eigenvalue weighted by Gasteiger charge is 2.23. The van der Waals surface area contributed by atoms with E-state index in [1.54, 1.807) is 0 Å². The van der Waals surface area contributed by atoms with Crippen LogP contribution in [0.15, 0.2) is 54.6 Å². The van der Waals surface area contributed by atoms with Gasteiger partial charge < -0.3 is 9.74 Å². The van der Waals surface area contributed by atoms with Gasteiger partial charge >= 0.3 is 0 Å². The number of hydrogen-bond acceptors (Lipinski definition) is 2. The molecule has 0 unspecified atom stereocenters. The average molecular weight is 339 g/mol. The summed E-state index contributed by atoms with van der Waals surface area (Å²) in [7, 11) is -1.18. The van der Waals surface area contributed by atoms with Crippen molar-refractivity contribution in [1.29, 1.82) is 0 Å². The summed E-state index contributed by atoms with van der Waals surface area (Å²) in [6.45, 7) is 9.85. The van der Waals surface area contributed by atoms with Crippen LogP contribution in [0.3, 0.4) is 0 Å². The Bertz CT molecular complexity index is 627. The first-order valence-electron chi connectivity index (χ1n) is 8.91. The van der Waals surface area contributed by atoms with Crippen molar-refractivity contribution in [3.8, 4) is 0 Å². The van der Waals surface area contributed by atoms with Crippen LogP contribution in [-0.4, -0.2) is 28.7 Å². The van der Waals surface area contributed by atoms with E-state index in [-0.39, 0.29) is 5.41 Å². The molecule has 1 aliphatic rings. The van der Waals surface area contributed by atoms with E-state index in [9.17, 15) is 0 Å². The molecule has 2 aromatic rings. The lowest BCUT2D eigenvalue weighted by molar-refractivity contribution is 0.270. The first-order valence-corrected chi connectivity index (χ1v) is 10.3. The van der Waals surface area contributed by atoms with Crippen LogP contribution in [0.25, 0.3) is 0 Å². The molecule has 1 radical (unpaired) electrons. The van der Waals surface area contributed by atoms with E-state index in [1.807, 2.05) is 0 Å². The van der Waals surface area contributed by atoms with Gasteiger partial charge in [0.25, 0.3) is 9.04 Å². The van der Waals surface area contributed by atoms with Gasteiger partial charge in [-0.25, -0.2) is 0 Å². The van der Waals surface area contributed by atoms with Gasteiger partial charge in [0.05, 0.1) is 0 Å². The molecular weight excluding hydrogens is 310 g/mol. The Balaban J connectivity index is 1.80. The van der Waals surface area contributed by atoms with Crippen molar-refractivity contribution in [3.63, 3.8) is 0 Å². The SMILES string of the molecule is CC(C)(C)c1ccc([Si](OC[C@H]2CCNC2)c2ccccc2)cc1. The van der Waals surface area contributed by atoms with Crippen LogP contribution in [0.2, 0.25) is 0 Å². The Labute approximate surface area is 148 Å². The molecule has 1 heterocycles. The summed E-state index contributed by atoms with van der Waals surface area (Å²) in [5.74, 6) is 0.655. The van der Waals surface area contributed by atoms with Crippen LogP contribution in [0, 0.1) is 5.92 Å². The Kier molecular flexibility index (Phi) is 5.54. The van der Waals surface area contributed by atoms with Crippen LogP contribution in [-0.2, 0) is 9.84 Å². The van der Waals surface area contributed by atoms with Crippen molar-refractivity contribution in [2.75, 3.05) is 19.7 Å². The Morgan fingerprint density at radius 1 is 1.00 bits per heavy atom. The zero-order valence-corrected chi connectivity index (χ0v) is 16.0. The van der Waals surface area contributed by atoms with E-state index < -0.39 is 9.04 Å². The van der Waals surface area contributed by atoms with Crippen molar-refractivity contribution in [1.82, 2.24) is 5.32 Å². The second kappa shape index (κ2) is 7.64. The quantitative estimate of drug-likeness (QED) is 0.847. The van der Waals surface area contributed by atoms with Crippen molar-refractivity contribution in [2.24, 2.45) is 5.92 Å². The molecule has 24 heavy (non-hydrogen) atoms. The highest BCUT2D eigenvalue weighted by molar-refractivity contribution is 6.80. The van der Waals surface area contributed by atoms with Gasteiger partial charge in [0.15, 0.2) is 0 Å². The fraction of sp³-hybridized carbons (Fsp3) is 0.429. The van der Waals surface area contributed by atoms with Crippen LogP contribution in [0.5, 0.6) is 0 Å². The first-order chi connectivity index (χ1) is 11.5. The summed E-state index contributed by atoms with van der Waals surface area (Å²) < 4.78 is 6.49. The normalized spacial score (nSPS) is 18.2. The summed E-state index contributed by atoms with van der Waals surface area (Å²) in [6.07, 6.45) is 1.23. The van der Waals surface area contributed by atoms with Crippen molar-refractivity contribution in [3.05, 3.63) is 60.2 Å². The molecule has 0 aromatic heterocycles. The average Bonchev–Trinajstić information content (AvgIpc) is 3.09.